The molecule has 9 heteroatoms. The summed E-state index contributed by atoms with van der Waals surface area (Å²) in [5.74, 6) is -0.0686. The van der Waals surface area contributed by atoms with Gasteiger partial charge in [0.2, 0.25) is 0 Å². The number of aromatic hydroxyl groups is 1. The fourth-order valence-corrected chi connectivity index (χ4v) is 5.56. The van der Waals surface area contributed by atoms with Gasteiger partial charge in [-0.1, -0.05) is 81.4 Å². The van der Waals surface area contributed by atoms with Gasteiger partial charge in [-0.2, -0.15) is 0 Å². The first-order valence-electron chi connectivity index (χ1n) is 15.6. The van der Waals surface area contributed by atoms with Crippen molar-refractivity contribution in [3.8, 4) is 5.75 Å². The Balaban J connectivity index is 2.14. The van der Waals surface area contributed by atoms with Crippen molar-refractivity contribution in [2.75, 3.05) is 13.2 Å². The van der Waals surface area contributed by atoms with Gasteiger partial charge in [0.25, 0.3) is 0 Å². The largest absolute Gasteiger partial charge is 0.507 e. The van der Waals surface area contributed by atoms with E-state index >= 15 is 0 Å². The van der Waals surface area contributed by atoms with Crippen LogP contribution >= 0.6 is 0 Å². The van der Waals surface area contributed by atoms with E-state index in [1.54, 1.807) is 26.0 Å². The summed E-state index contributed by atoms with van der Waals surface area (Å²) in [7, 11) is 0. The quantitative estimate of drug-likeness (QED) is 0.0899. The van der Waals surface area contributed by atoms with Crippen LogP contribution in [-0.4, -0.2) is 68.3 Å². The molecular weight excluding hydrogens is 552 g/mol. The zero-order valence-corrected chi connectivity index (χ0v) is 26.7. The van der Waals surface area contributed by atoms with E-state index in [1.165, 1.54) is 43.7 Å². The summed E-state index contributed by atoms with van der Waals surface area (Å²) in [5.41, 5.74) is -0.399. The van der Waals surface area contributed by atoms with E-state index < -0.39 is 53.9 Å². The van der Waals surface area contributed by atoms with Crippen molar-refractivity contribution in [3.05, 3.63) is 63.3 Å². The number of aliphatic hydroxyl groups excluding tert-OH is 5. The summed E-state index contributed by atoms with van der Waals surface area (Å²) >= 11 is 0. The van der Waals surface area contributed by atoms with Gasteiger partial charge in [-0.3, -0.25) is 0 Å². The molecule has 7 atom stereocenters. The SMILES string of the molecule is CCCCCC[C@H](C)CC(C)=C[C@H](C=C(C)C=C[C@H](O)C(C)(C)c1cc(O)c([C@H]2O[C@@H](CO)C[C@@H](O)[C@@H]2O)c(=O)o1)CO. The van der Waals surface area contributed by atoms with E-state index in [0.717, 1.165) is 12.0 Å². The number of aliphatic hydroxyl groups is 5. The molecule has 1 fully saturated rings. The second-order valence-electron chi connectivity index (χ2n) is 12.8. The van der Waals surface area contributed by atoms with Gasteiger partial charge in [0, 0.05) is 18.4 Å². The highest BCUT2D eigenvalue weighted by atomic mass is 16.5. The zero-order chi connectivity index (χ0) is 32.3. The minimum Gasteiger partial charge on any atom is -0.507 e. The monoisotopic (exact) mass is 606 g/mol. The third kappa shape index (κ3) is 10.7. The number of ether oxygens (including phenoxy) is 1. The van der Waals surface area contributed by atoms with Crippen LogP contribution in [-0.2, 0) is 10.2 Å². The van der Waals surface area contributed by atoms with E-state index in [2.05, 4.69) is 26.8 Å². The lowest BCUT2D eigenvalue weighted by atomic mass is 9.82. The molecule has 0 unspecified atom stereocenters. The Bertz CT molecular complexity index is 1150. The highest BCUT2D eigenvalue weighted by Gasteiger charge is 2.41. The van der Waals surface area contributed by atoms with E-state index in [0.29, 0.717) is 5.92 Å². The van der Waals surface area contributed by atoms with Gasteiger partial charge in [-0.05, 0) is 40.0 Å². The molecule has 1 aromatic rings. The van der Waals surface area contributed by atoms with Crippen molar-refractivity contribution in [2.24, 2.45) is 11.8 Å². The number of unbranched alkanes of at least 4 members (excludes halogenated alkanes) is 3. The maximum absolute atomic E-state index is 12.9. The lowest BCUT2D eigenvalue weighted by molar-refractivity contribution is -0.180. The van der Waals surface area contributed by atoms with Crippen molar-refractivity contribution in [1.29, 1.82) is 0 Å². The van der Waals surface area contributed by atoms with Gasteiger partial charge in [0.15, 0.2) is 0 Å². The molecule has 0 bridgehead atoms. The average molecular weight is 607 g/mol. The van der Waals surface area contributed by atoms with Crippen molar-refractivity contribution in [2.45, 2.75) is 122 Å². The zero-order valence-electron chi connectivity index (χ0n) is 26.7. The van der Waals surface area contributed by atoms with E-state index in [9.17, 15) is 35.4 Å². The molecule has 0 spiro atoms. The van der Waals surface area contributed by atoms with Crippen molar-refractivity contribution >= 4 is 0 Å². The molecule has 2 heterocycles. The highest BCUT2D eigenvalue weighted by Crippen LogP contribution is 2.37. The number of hydrogen-bond acceptors (Lipinski definition) is 9. The maximum Gasteiger partial charge on any atom is 0.345 e. The number of rotatable bonds is 16. The third-order valence-corrected chi connectivity index (χ3v) is 8.33. The van der Waals surface area contributed by atoms with Gasteiger partial charge in [-0.15, -0.1) is 0 Å². The maximum atomic E-state index is 12.9. The topological polar surface area (TPSA) is 161 Å². The molecule has 9 nitrogen and oxygen atoms in total. The summed E-state index contributed by atoms with van der Waals surface area (Å²) < 4.78 is 11.0. The highest BCUT2D eigenvalue weighted by molar-refractivity contribution is 5.36. The third-order valence-electron chi connectivity index (χ3n) is 8.33. The summed E-state index contributed by atoms with van der Waals surface area (Å²) in [6.07, 6.45) is 8.44. The molecule has 0 radical (unpaired) electrons. The Hall–Kier alpha value is -2.27. The van der Waals surface area contributed by atoms with Crippen LogP contribution in [0.4, 0.5) is 0 Å². The number of hydrogen-bond donors (Lipinski definition) is 6. The van der Waals surface area contributed by atoms with Crippen molar-refractivity contribution in [3.63, 3.8) is 0 Å². The normalized spacial score (nSPS) is 24.3. The first kappa shape index (κ1) is 36.9. The molecule has 1 aliphatic rings. The van der Waals surface area contributed by atoms with Crippen LogP contribution in [0.3, 0.4) is 0 Å². The lowest BCUT2D eigenvalue weighted by Crippen LogP contribution is -2.46. The predicted octanol–water partition coefficient (Wildman–Crippen LogP) is 4.58. The van der Waals surface area contributed by atoms with Crippen LogP contribution in [0.1, 0.15) is 104 Å². The molecule has 1 aromatic heterocycles. The Kier molecular flexibility index (Phi) is 14.8. The smallest absolute Gasteiger partial charge is 0.345 e. The summed E-state index contributed by atoms with van der Waals surface area (Å²) in [4.78, 5) is 12.9. The van der Waals surface area contributed by atoms with E-state index in [1.807, 2.05) is 13.0 Å². The minimum atomic E-state index is -1.50. The van der Waals surface area contributed by atoms with Crippen molar-refractivity contribution in [1.82, 2.24) is 0 Å². The van der Waals surface area contributed by atoms with Gasteiger partial charge >= 0.3 is 5.63 Å². The fourth-order valence-electron chi connectivity index (χ4n) is 5.56. The second-order valence-corrected chi connectivity index (χ2v) is 12.8. The second kappa shape index (κ2) is 17.3. The fraction of sp³-hybridized carbons (Fsp3) is 0.676. The standard InChI is InChI=1S/C34H54O9/c1-7-8-9-10-11-21(2)14-23(4)16-24(19-35)15-22(3)12-13-28(39)34(5,6)29-18-26(37)30(33(41)43-29)32-31(40)27(38)17-25(20-36)42-32/h12-13,15-16,18,21,24-25,27-28,31-32,35-40H,7-11,14,17,19-20H2,1-6H3/t21-,24-,25+,27+,28-,31-,32+/m0/s1. The Morgan fingerprint density at radius 2 is 1.84 bits per heavy atom. The Labute approximate surface area is 256 Å². The van der Waals surface area contributed by atoms with E-state index in [4.69, 9.17) is 9.15 Å². The van der Waals surface area contributed by atoms with E-state index in [-0.39, 0.29) is 30.3 Å². The molecule has 0 amide bonds. The van der Waals surface area contributed by atoms with Crippen LogP contribution in [0.2, 0.25) is 0 Å². The van der Waals surface area contributed by atoms with Crippen LogP contribution in [0.15, 0.2) is 50.7 Å². The van der Waals surface area contributed by atoms with Crippen LogP contribution in [0.5, 0.6) is 5.75 Å². The average Bonchev–Trinajstić information content (AvgIpc) is 2.95. The first-order chi connectivity index (χ1) is 20.2. The van der Waals surface area contributed by atoms with Gasteiger partial charge in [0.05, 0.1) is 36.9 Å². The molecule has 0 aromatic carbocycles. The minimum absolute atomic E-state index is 0.0118. The predicted molar refractivity (Wildman–Crippen MR) is 167 cm³/mol. The van der Waals surface area contributed by atoms with Crippen molar-refractivity contribution < 1.29 is 39.8 Å². The van der Waals surface area contributed by atoms with Crippen LogP contribution in [0.25, 0.3) is 0 Å². The molecule has 43 heavy (non-hydrogen) atoms. The molecule has 0 aliphatic carbocycles. The molecule has 244 valence electrons. The van der Waals surface area contributed by atoms with Crippen LogP contribution < -0.4 is 5.63 Å². The van der Waals surface area contributed by atoms with Gasteiger partial charge in [0.1, 0.15) is 29.3 Å². The van der Waals surface area contributed by atoms with Gasteiger partial charge < -0.3 is 39.8 Å². The Morgan fingerprint density at radius 3 is 2.44 bits per heavy atom. The molecule has 2 rings (SSSR count). The lowest BCUT2D eigenvalue weighted by Gasteiger charge is -2.36. The Morgan fingerprint density at radius 1 is 1.14 bits per heavy atom. The molecule has 1 saturated heterocycles. The molecular formula is C34H54O9. The summed E-state index contributed by atoms with van der Waals surface area (Å²) in [6, 6.07) is 1.20. The molecule has 0 saturated carbocycles. The summed E-state index contributed by atoms with van der Waals surface area (Å²) in [5, 5.41) is 61.7. The van der Waals surface area contributed by atoms with Gasteiger partial charge in [-0.25, -0.2) is 4.79 Å². The molecule has 6 N–H and O–H groups in total. The number of allylic oxidation sites excluding steroid dienone is 3. The molecule has 1 aliphatic heterocycles. The van der Waals surface area contributed by atoms with Crippen LogP contribution in [0, 0.1) is 11.8 Å². The first-order valence-corrected chi connectivity index (χ1v) is 15.6. The summed E-state index contributed by atoms with van der Waals surface area (Å²) in [6.45, 7) is 11.3.